The smallest absolute Gasteiger partial charge is 0.270 e. The van der Waals surface area contributed by atoms with Crippen LogP contribution in [-0.2, 0) is 9.59 Å². The first-order valence-corrected chi connectivity index (χ1v) is 8.80. The van der Waals surface area contributed by atoms with E-state index in [4.69, 9.17) is 12.2 Å². The molecule has 0 aliphatic carbocycles. The third-order valence-corrected chi connectivity index (χ3v) is 4.95. The number of nitrogens with zero attached hydrogens (tertiary/aromatic N) is 2. The van der Waals surface area contributed by atoms with E-state index in [0.29, 0.717) is 12.0 Å². The molecule has 0 radical (unpaired) electrons. The molecule has 1 amide bonds. The number of rotatable bonds is 7. The van der Waals surface area contributed by atoms with E-state index in [0.717, 1.165) is 23.1 Å². The van der Waals surface area contributed by atoms with E-state index in [1.54, 1.807) is 6.07 Å². The predicted octanol–water partition coefficient (Wildman–Crippen LogP) is 2.10. The molecule has 9 heteroatoms. The van der Waals surface area contributed by atoms with Gasteiger partial charge in [0.05, 0.1) is 21.8 Å². The first-order valence-electron chi connectivity index (χ1n) is 7.57. The van der Waals surface area contributed by atoms with E-state index in [2.05, 4.69) is 0 Å². The standard InChI is InChI=1S/C16H16N2O5S2/c1-2-3-7-12(15(20)21)17-14(19)13(25-16(17)24)9-10-5-4-6-11(8-10)18(22)23/h4-6,8-9,12H,2-3,7H2,1H3,(H,20,21)/p-1/b13-9-/t12-/m0/s1. The van der Waals surface area contributed by atoms with Crippen molar-refractivity contribution in [3.05, 3.63) is 44.8 Å². The summed E-state index contributed by atoms with van der Waals surface area (Å²) in [6.45, 7) is 1.92. The van der Waals surface area contributed by atoms with Gasteiger partial charge in [-0.1, -0.05) is 55.9 Å². The molecule has 0 spiro atoms. The zero-order chi connectivity index (χ0) is 18.6. The Kier molecular flexibility index (Phi) is 6.27. The number of hydrogen-bond donors (Lipinski definition) is 0. The number of benzene rings is 1. The van der Waals surface area contributed by atoms with Gasteiger partial charge in [-0.3, -0.25) is 19.8 Å². The van der Waals surface area contributed by atoms with Crippen molar-refractivity contribution in [2.45, 2.75) is 32.2 Å². The molecule has 1 aliphatic heterocycles. The SMILES string of the molecule is CCCC[C@@H](C(=O)[O-])N1C(=O)/C(=C/c2cccc([N+](=O)[O-])c2)SC1=S. The summed E-state index contributed by atoms with van der Waals surface area (Å²) in [4.78, 5) is 35.6. The summed E-state index contributed by atoms with van der Waals surface area (Å²) < 4.78 is 0.145. The second kappa shape index (κ2) is 8.21. The molecule has 2 rings (SSSR count). The van der Waals surface area contributed by atoms with Crippen molar-refractivity contribution in [2.75, 3.05) is 0 Å². The lowest BCUT2D eigenvalue weighted by molar-refractivity contribution is -0.384. The fourth-order valence-electron chi connectivity index (χ4n) is 2.38. The van der Waals surface area contributed by atoms with Crippen molar-refractivity contribution in [1.82, 2.24) is 4.90 Å². The molecule has 1 fully saturated rings. The Morgan fingerprint density at radius 3 is 2.80 bits per heavy atom. The first-order chi connectivity index (χ1) is 11.8. The highest BCUT2D eigenvalue weighted by Crippen LogP contribution is 2.35. The van der Waals surface area contributed by atoms with Crippen molar-refractivity contribution in [3.63, 3.8) is 0 Å². The van der Waals surface area contributed by atoms with Gasteiger partial charge in [-0.2, -0.15) is 0 Å². The van der Waals surface area contributed by atoms with Crippen LogP contribution in [0.1, 0.15) is 31.7 Å². The molecule has 25 heavy (non-hydrogen) atoms. The molecule has 0 aromatic heterocycles. The molecular weight excluding hydrogens is 364 g/mol. The molecule has 0 saturated carbocycles. The summed E-state index contributed by atoms with van der Waals surface area (Å²) in [5, 5.41) is 22.2. The average molecular weight is 379 g/mol. The predicted molar refractivity (Wildman–Crippen MR) is 96.4 cm³/mol. The largest absolute Gasteiger partial charge is 0.548 e. The Balaban J connectivity index is 2.29. The van der Waals surface area contributed by atoms with Crippen LogP contribution >= 0.6 is 24.0 Å². The van der Waals surface area contributed by atoms with E-state index in [9.17, 15) is 24.8 Å². The summed E-state index contributed by atoms with van der Waals surface area (Å²) in [7, 11) is 0. The highest BCUT2D eigenvalue weighted by molar-refractivity contribution is 8.26. The van der Waals surface area contributed by atoms with Gasteiger partial charge < -0.3 is 9.90 Å². The molecule has 1 aromatic carbocycles. The lowest BCUT2D eigenvalue weighted by atomic mass is 10.1. The highest BCUT2D eigenvalue weighted by atomic mass is 32.2. The van der Waals surface area contributed by atoms with Crippen LogP contribution in [0.3, 0.4) is 0 Å². The number of hydrogen-bond acceptors (Lipinski definition) is 7. The summed E-state index contributed by atoms with van der Waals surface area (Å²) in [6, 6.07) is 4.70. The first kappa shape index (κ1) is 19.1. The Bertz CT molecular complexity index is 763. The number of carboxylic acids is 1. The summed E-state index contributed by atoms with van der Waals surface area (Å²) in [6.07, 6.45) is 3.13. The zero-order valence-electron chi connectivity index (χ0n) is 13.3. The zero-order valence-corrected chi connectivity index (χ0v) is 15.0. The van der Waals surface area contributed by atoms with Crippen molar-refractivity contribution in [1.29, 1.82) is 0 Å². The van der Waals surface area contributed by atoms with Crippen LogP contribution in [0.4, 0.5) is 5.69 Å². The molecule has 0 unspecified atom stereocenters. The normalized spacial score (nSPS) is 17.2. The molecule has 0 N–H and O–H groups in total. The van der Waals surface area contributed by atoms with Crippen molar-refractivity contribution >= 4 is 51.9 Å². The molecule has 1 heterocycles. The van der Waals surface area contributed by atoms with Gasteiger partial charge in [0.1, 0.15) is 4.32 Å². The third-order valence-electron chi connectivity index (χ3n) is 3.62. The van der Waals surface area contributed by atoms with Gasteiger partial charge in [0, 0.05) is 12.1 Å². The van der Waals surface area contributed by atoms with E-state index < -0.39 is 22.8 Å². The van der Waals surface area contributed by atoms with E-state index in [1.165, 1.54) is 24.3 Å². The molecule has 0 bridgehead atoms. The van der Waals surface area contributed by atoms with Crippen molar-refractivity contribution < 1.29 is 19.6 Å². The minimum atomic E-state index is -1.35. The Morgan fingerprint density at radius 2 is 2.20 bits per heavy atom. The maximum Gasteiger partial charge on any atom is 0.270 e. The van der Waals surface area contributed by atoms with Gasteiger partial charge in [-0.15, -0.1) is 0 Å². The third kappa shape index (κ3) is 4.43. The second-order valence-electron chi connectivity index (χ2n) is 5.38. The van der Waals surface area contributed by atoms with Crippen LogP contribution in [0.2, 0.25) is 0 Å². The van der Waals surface area contributed by atoms with Crippen LogP contribution in [-0.4, -0.2) is 32.1 Å². The van der Waals surface area contributed by atoms with Crippen LogP contribution < -0.4 is 5.11 Å². The number of carbonyl (C=O) groups excluding carboxylic acids is 2. The maximum atomic E-state index is 12.6. The van der Waals surface area contributed by atoms with Gasteiger partial charge in [-0.25, -0.2) is 0 Å². The quantitative estimate of drug-likeness (QED) is 0.309. The molecule has 1 aromatic rings. The number of thioether (sulfide) groups is 1. The van der Waals surface area contributed by atoms with Gasteiger partial charge >= 0.3 is 0 Å². The lowest BCUT2D eigenvalue weighted by Gasteiger charge is -2.27. The minimum Gasteiger partial charge on any atom is -0.548 e. The number of carbonyl (C=O) groups is 2. The molecular formula is C16H15N2O5S2-. The Hall–Kier alpha value is -2.26. The van der Waals surface area contributed by atoms with Crippen molar-refractivity contribution in [3.8, 4) is 0 Å². The monoisotopic (exact) mass is 379 g/mol. The molecule has 1 atom stereocenters. The number of carboxylic acid groups (broad SMARTS) is 1. The van der Waals surface area contributed by atoms with Crippen LogP contribution in [0.5, 0.6) is 0 Å². The number of nitro benzene ring substituents is 1. The number of non-ortho nitro benzene ring substituents is 1. The molecule has 7 nitrogen and oxygen atoms in total. The fourth-order valence-corrected chi connectivity index (χ4v) is 3.73. The minimum absolute atomic E-state index is 0.0974. The van der Waals surface area contributed by atoms with Gasteiger partial charge in [0.15, 0.2) is 0 Å². The van der Waals surface area contributed by atoms with Crippen LogP contribution in [0.15, 0.2) is 29.2 Å². The van der Waals surface area contributed by atoms with Crippen LogP contribution in [0, 0.1) is 10.1 Å². The highest BCUT2D eigenvalue weighted by Gasteiger charge is 2.37. The Labute approximate surface area is 153 Å². The number of amides is 1. The number of unbranched alkanes of at least 4 members (excludes halogenated alkanes) is 1. The number of nitro groups is 1. The van der Waals surface area contributed by atoms with Crippen LogP contribution in [0.25, 0.3) is 6.08 Å². The number of thiocarbonyl (C=S) groups is 1. The molecule has 1 aliphatic rings. The second-order valence-corrected chi connectivity index (χ2v) is 7.06. The van der Waals surface area contributed by atoms with E-state index in [1.807, 2.05) is 6.92 Å². The average Bonchev–Trinajstić information content (AvgIpc) is 2.83. The molecule has 132 valence electrons. The summed E-state index contributed by atoms with van der Waals surface area (Å²) in [5.74, 6) is -1.87. The molecule has 1 saturated heterocycles. The topological polar surface area (TPSA) is 104 Å². The fraction of sp³-hybridized carbons (Fsp3) is 0.312. The Morgan fingerprint density at radius 1 is 1.48 bits per heavy atom. The van der Waals surface area contributed by atoms with Gasteiger partial charge in [-0.05, 0) is 18.1 Å². The van der Waals surface area contributed by atoms with Gasteiger partial charge in [0.2, 0.25) is 0 Å². The van der Waals surface area contributed by atoms with Gasteiger partial charge in [0.25, 0.3) is 11.6 Å². The van der Waals surface area contributed by atoms with Crippen molar-refractivity contribution in [2.24, 2.45) is 0 Å². The maximum absolute atomic E-state index is 12.6. The summed E-state index contributed by atoms with van der Waals surface area (Å²) in [5.41, 5.74) is 0.369. The number of aliphatic carboxylic acids is 1. The van der Waals surface area contributed by atoms with E-state index >= 15 is 0 Å². The summed E-state index contributed by atoms with van der Waals surface area (Å²) >= 11 is 6.13. The van der Waals surface area contributed by atoms with E-state index in [-0.39, 0.29) is 21.3 Å². The lowest BCUT2D eigenvalue weighted by Crippen LogP contribution is -2.49.